The Labute approximate surface area is 136 Å². The van der Waals surface area contributed by atoms with E-state index in [1.165, 1.54) is 0 Å². The van der Waals surface area contributed by atoms with Crippen molar-refractivity contribution in [2.45, 2.75) is 32.7 Å². The van der Waals surface area contributed by atoms with E-state index in [9.17, 15) is 18.0 Å². The first kappa shape index (κ1) is 17.5. The van der Waals surface area contributed by atoms with Gasteiger partial charge in [-0.2, -0.15) is 0 Å². The molecule has 0 aliphatic carbocycles. The minimum Gasteiger partial charge on any atom is -0.348 e. The second-order valence-electron chi connectivity index (χ2n) is 6.51. The number of amides is 2. The summed E-state index contributed by atoms with van der Waals surface area (Å²) in [6.45, 7) is 5.33. The lowest BCUT2D eigenvalue weighted by Crippen LogP contribution is -2.50. The standard InChI is InChI=1S/C16H22N2O4S/c1-11-6-12(2)8-13(7-11)15(20)17-9-14(19)18-16(3)4-5-23(21,22)10-16/h6-8H,4-5,9-10H2,1-3H3,(H,17,20)(H,18,19)/t16-/m1/s1. The summed E-state index contributed by atoms with van der Waals surface area (Å²) in [4.78, 5) is 24.1. The highest BCUT2D eigenvalue weighted by molar-refractivity contribution is 7.91. The molecule has 7 heteroatoms. The zero-order valence-electron chi connectivity index (χ0n) is 13.6. The quantitative estimate of drug-likeness (QED) is 0.846. The molecule has 1 atom stereocenters. The van der Waals surface area contributed by atoms with Crippen LogP contribution in [0.3, 0.4) is 0 Å². The van der Waals surface area contributed by atoms with Gasteiger partial charge in [-0.25, -0.2) is 8.42 Å². The molecule has 1 fully saturated rings. The molecule has 0 aromatic heterocycles. The molecule has 1 saturated heterocycles. The largest absolute Gasteiger partial charge is 0.348 e. The summed E-state index contributed by atoms with van der Waals surface area (Å²) in [6, 6.07) is 5.47. The lowest BCUT2D eigenvalue weighted by molar-refractivity contribution is -0.121. The van der Waals surface area contributed by atoms with Crippen LogP contribution in [0, 0.1) is 13.8 Å². The van der Waals surface area contributed by atoms with Gasteiger partial charge in [0.25, 0.3) is 5.91 Å². The number of hydrogen-bond donors (Lipinski definition) is 2. The smallest absolute Gasteiger partial charge is 0.251 e. The molecule has 1 aliphatic rings. The Morgan fingerprint density at radius 3 is 2.30 bits per heavy atom. The van der Waals surface area contributed by atoms with E-state index >= 15 is 0 Å². The Kier molecular flexibility index (Phi) is 4.79. The van der Waals surface area contributed by atoms with Crippen LogP contribution in [0.15, 0.2) is 18.2 Å². The molecule has 0 unspecified atom stereocenters. The fraction of sp³-hybridized carbons (Fsp3) is 0.500. The van der Waals surface area contributed by atoms with E-state index in [1.54, 1.807) is 19.1 Å². The molecule has 1 aliphatic heterocycles. The lowest BCUT2D eigenvalue weighted by Gasteiger charge is -2.23. The van der Waals surface area contributed by atoms with E-state index in [0.29, 0.717) is 12.0 Å². The molecule has 1 aromatic rings. The predicted molar refractivity (Wildman–Crippen MR) is 88.1 cm³/mol. The van der Waals surface area contributed by atoms with Crippen molar-refractivity contribution >= 4 is 21.7 Å². The third-order valence-corrected chi connectivity index (χ3v) is 5.74. The summed E-state index contributed by atoms with van der Waals surface area (Å²) >= 11 is 0. The molecule has 23 heavy (non-hydrogen) atoms. The van der Waals surface area contributed by atoms with Crippen LogP contribution in [0.2, 0.25) is 0 Å². The van der Waals surface area contributed by atoms with Crippen molar-refractivity contribution in [3.05, 3.63) is 34.9 Å². The van der Waals surface area contributed by atoms with Gasteiger partial charge in [0.2, 0.25) is 5.91 Å². The van der Waals surface area contributed by atoms with Gasteiger partial charge in [-0.1, -0.05) is 17.2 Å². The zero-order valence-corrected chi connectivity index (χ0v) is 14.4. The van der Waals surface area contributed by atoms with Gasteiger partial charge >= 0.3 is 0 Å². The third-order valence-electron chi connectivity index (χ3n) is 3.84. The zero-order chi connectivity index (χ0) is 17.3. The van der Waals surface area contributed by atoms with Crippen LogP contribution in [0.1, 0.15) is 34.8 Å². The molecule has 6 nitrogen and oxygen atoms in total. The third kappa shape index (κ3) is 4.79. The second-order valence-corrected chi connectivity index (χ2v) is 8.69. The highest BCUT2D eigenvalue weighted by Gasteiger charge is 2.39. The van der Waals surface area contributed by atoms with E-state index in [0.717, 1.165) is 11.1 Å². The monoisotopic (exact) mass is 338 g/mol. The van der Waals surface area contributed by atoms with Gasteiger partial charge in [0.05, 0.1) is 23.6 Å². The summed E-state index contributed by atoms with van der Waals surface area (Å²) in [6.07, 6.45) is 0.395. The number of sulfone groups is 1. The highest BCUT2D eigenvalue weighted by Crippen LogP contribution is 2.22. The molecule has 2 amide bonds. The van der Waals surface area contributed by atoms with Gasteiger partial charge in [-0.3, -0.25) is 9.59 Å². The van der Waals surface area contributed by atoms with E-state index in [4.69, 9.17) is 0 Å². The second kappa shape index (κ2) is 6.31. The van der Waals surface area contributed by atoms with Crippen LogP contribution in [-0.2, 0) is 14.6 Å². The maximum absolute atomic E-state index is 12.1. The number of carbonyl (C=O) groups excluding carboxylic acids is 2. The van der Waals surface area contributed by atoms with E-state index in [1.807, 2.05) is 19.9 Å². The van der Waals surface area contributed by atoms with Gasteiger partial charge in [-0.15, -0.1) is 0 Å². The fourth-order valence-corrected chi connectivity index (χ4v) is 4.95. The van der Waals surface area contributed by atoms with Crippen LogP contribution in [0.25, 0.3) is 0 Å². The minimum atomic E-state index is -3.09. The molecule has 1 heterocycles. The number of hydrogen-bond acceptors (Lipinski definition) is 4. The Hall–Kier alpha value is -1.89. The summed E-state index contributed by atoms with van der Waals surface area (Å²) in [5.74, 6) is -0.686. The Bertz CT molecular complexity index is 722. The van der Waals surface area contributed by atoms with Gasteiger partial charge in [-0.05, 0) is 39.3 Å². The average Bonchev–Trinajstić information content (AvgIpc) is 2.68. The number of benzene rings is 1. The maximum Gasteiger partial charge on any atom is 0.251 e. The summed E-state index contributed by atoms with van der Waals surface area (Å²) in [5, 5.41) is 5.27. The van der Waals surface area contributed by atoms with Gasteiger partial charge in [0, 0.05) is 5.56 Å². The number of carbonyl (C=O) groups is 2. The normalized spacial score (nSPS) is 22.6. The Balaban J connectivity index is 1.90. The van der Waals surface area contributed by atoms with Crippen LogP contribution in [0.5, 0.6) is 0 Å². The summed E-state index contributed by atoms with van der Waals surface area (Å²) in [5.41, 5.74) is 1.71. The first-order valence-electron chi connectivity index (χ1n) is 7.47. The minimum absolute atomic E-state index is 0.0588. The highest BCUT2D eigenvalue weighted by atomic mass is 32.2. The molecule has 0 spiro atoms. The first-order valence-corrected chi connectivity index (χ1v) is 9.29. The maximum atomic E-state index is 12.1. The Morgan fingerprint density at radius 2 is 1.78 bits per heavy atom. The number of rotatable bonds is 4. The first-order chi connectivity index (χ1) is 10.6. The van der Waals surface area contributed by atoms with E-state index in [2.05, 4.69) is 10.6 Å². The molecule has 2 rings (SSSR count). The van der Waals surface area contributed by atoms with Crippen LogP contribution in [0.4, 0.5) is 0 Å². The molecule has 2 N–H and O–H groups in total. The average molecular weight is 338 g/mol. The summed E-state index contributed by atoms with van der Waals surface area (Å²) in [7, 11) is -3.09. The topological polar surface area (TPSA) is 92.3 Å². The van der Waals surface area contributed by atoms with Gasteiger partial charge in [0.15, 0.2) is 9.84 Å². The molecular formula is C16H22N2O4S. The van der Waals surface area contributed by atoms with Crippen molar-refractivity contribution in [2.24, 2.45) is 0 Å². The Morgan fingerprint density at radius 1 is 1.17 bits per heavy atom. The van der Waals surface area contributed by atoms with Crippen molar-refractivity contribution in [2.75, 3.05) is 18.1 Å². The molecule has 1 aromatic carbocycles. The van der Waals surface area contributed by atoms with Gasteiger partial charge in [0.1, 0.15) is 0 Å². The van der Waals surface area contributed by atoms with Crippen molar-refractivity contribution in [1.82, 2.24) is 10.6 Å². The van der Waals surface area contributed by atoms with E-state index < -0.39 is 15.4 Å². The molecular weight excluding hydrogens is 316 g/mol. The predicted octanol–water partition coefficient (Wildman–Crippen LogP) is 0.727. The van der Waals surface area contributed by atoms with Crippen molar-refractivity contribution in [1.29, 1.82) is 0 Å². The van der Waals surface area contributed by atoms with E-state index in [-0.39, 0.29) is 29.9 Å². The number of nitrogens with one attached hydrogen (secondary N) is 2. The van der Waals surface area contributed by atoms with Crippen LogP contribution in [-0.4, -0.2) is 43.8 Å². The van der Waals surface area contributed by atoms with Crippen molar-refractivity contribution in [3.8, 4) is 0 Å². The van der Waals surface area contributed by atoms with Crippen LogP contribution >= 0.6 is 0 Å². The van der Waals surface area contributed by atoms with Gasteiger partial charge < -0.3 is 10.6 Å². The SMILES string of the molecule is Cc1cc(C)cc(C(=O)NCC(=O)N[C@]2(C)CCS(=O)(=O)C2)c1. The molecule has 126 valence electrons. The molecule has 0 radical (unpaired) electrons. The molecule has 0 saturated carbocycles. The fourth-order valence-electron chi connectivity index (χ4n) is 2.86. The molecule has 0 bridgehead atoms. The van der Waals surface area contributed by atoms with Crippen molar-refractivity contribution in [3.63, 3.8) is 0 Å². The number of aryl methyl sites for hydroxylation is 2. The van der Waals surface area contributed by atoms with Crippen LogP contribution < -0.4 is 10.6 Å². The van der Waals surface area contributed by atoms with Crippen molar-refractivity contribution < 1.29 is 18.0 Å². The lowest BCUT2D eigenvalue weighted by atomic mass is 10.0. The summed E-state index contributed by atoms with van der Waals surface area (Å²) < 4.78 is 23.0.